The molecule has 1 aliphatic carbocycles. The first-order valence-electron chi connectivity index (χ1n) is 8.58. The summed E-state index contributed by atoms with van der Waals surface area (Å²) in [5.74, 6) is -0.0905. The molecular formula is C20H24N2O2. The molecule has 0 N–H and O–H groups in total. The lowest BCUT2D eigenvalue weighted by atomic mass is 9.69. The van der Waals surface area contributed by atoms with Crippen molar-refractivity contribution in [3.8, 4) is 0 Å². The number of rotatable bonds is 1. The Bertz CT molecular complexity index is 849. The van der Waals surface area contributed by atoms with Crippen LogP contribution in [0.3, 0.4) is 0 Å². The van der Waals surface area contributed by atoms with E-state index < -0.39 is 0 Å². The van der Waals surface area contributed by atoms with E-state index in [0.29, 0.717) is 6.04 Å². The molecule has 2 aromatic rings. The number of fused-ring (bicyclic) bond motifs is 6. The number of para-hydroxylation sites is 1. The summed E-state index contributed by atoms with van der Waals surface area (Å²) in [5.41, 5.74) is 4.99. The zero-order valence-electron chi connectivity index (χ0n) is 14.7. The maximum Gasteiger partial charge on any atom is 0.315 e. The summed E-state index contributed by atoms with van der Waals surface area (Å²) < 4.78 is 7.42. The smallest absolute Gasteiger partial charge is 0.315 e. The number of nitrogens with zero attached hydrogens (tertiary/aromatic N) is 2. The first kappa shape index (κ1) is 15.5. The monoisotopic (exact) mass is 324 g/mol. The van der Waals surface area contributed by atoms with E-state index in [1.54, 1.807) is 0 Å². The minimum absolute atomic E-state index is 0.116. The molecule has 0 amide bonds. The van der Waals surface area contributed by atoms with Crippen molar-refractivity contribution in [2.75, 3.05) is 20.7 Å². The van der Waals surface area contributed by atoms with Gasteiger partial charge in [0.2, 0.25) is 0 Å². The quantitative estimate of drug-likeness (QED) is 0.596. The second-order valence-electron chi connectivity index (χ2n) is 7.01. The van der Waals surface area contributed by atoms with Gasteiger partial charge in [0, 0.05) is 42.1 Å². The number of likely N-dealkylation sites (N-methyl/N-ethyl adjacent to an activating group) is 1. The van der Waals surface area contributed by atoms with Crippen LogP contribution in [0.15, 0.2) is 35.9 Å². The van der Waals surface area contributed by atoms with Crippen LogP contribution in [0, 0.1) is 5.92 Å². The molecule has 4 heteroatoms. The average Bonchev–Trinajstić information content (AvgIpc) is 2.90. The number of ether oxygens (including phenoxy) is 1. The summed E-state index contributed by atoms with van der Waals surface area (Å²) in [6.07, 6.45) is 3.16. The number of methoxy groups -OCH3 is 1. The second-order valence-corrected chi connectivity index (χ2v) is 7.01. The molecule has 4 nitrogen and oxygen atoms in total. The van der Waals surface area contributed by atoms with Gasteiger partial charge in [-0.3, -0.25) is 9.69 Å². The number of carbonyl (C=O) groups is 1. The van der Waals surface area contributed by atoms with Crippen LogP contribution in [-0.4, -0.2) is 36.1 Å². The Balaban J connectivity index is 2.05. The molecule has 2 aliphatic rings. The van der Waals surface area contributed by atoms with Gasteiger partial charge in [-0.2, -0.15) is 0 Å². The van der Waals surface area contributed by atoms with Gasteiger partial charge in [-0.05, 0) is 32.0 Å². The minimum atomic E-state index is -0.210. The molecule has 2 bridgehead atoms. The number of carbonyl (C=O) groups excluding carboxylic acids is 1. The highest BCUT2D eigenvalue weighted by Gasteiger charge is 2.48. The van der Waals surface area contributed by atoms with Gasteiger partial charge in [0.15, 0.2) is 0 Å². The normalized spacial score (nSPS) is 28.2. The Kier molecular flexibility index (Phi) is 3.53. The summed E-state index contributed by atoms with van der Waals surface area (Å²) in [4.78, 5) is 15.1. The van der Waals surface area contributed by atoms with Crippen LogP contribution in [0.2, 0.25) is 0 Å². The van der Waals surface area contributed by atoms with Crippen molar-refractivity contribution in [1.29, 1.82) is 0 Å². The van der Waals surface area contributed by atoms with E-state index in [1.165, 1.54) is 29.1 Å². The molecule has 1 aromatic heterocycles. The lowest BCUT2D eigenvalue weighted by Crippen LogP contribution is -2.44. The molecule has 0 unspecified atom stereocenters. The molecule has 0 radical (unpaired) electrons. The molecule has 1 saturated heterocycles. The van der Waals surface area contributed by atoms with Gasteiger partial charge in [-0.1, -0.05) is 29.8 Å². The number of allylic oxidation sites excluding steroid dienone is 1. The zero-order chi connectivity index (χ0) is 17.0. The molecule has 2 heterocycles. The minimum Gasteiger partial charge on any atom is -0.468 e. The Labute approximate surface area is 142 Å². The van der Waals surface area contributed by atoms with Crippen LogP contribution in [0.1, 0.15) is 36.6 Å². The Hall–Kier alpha value is -2.07. The van der Waals surface area contributed by atoms with Gasteiger partial charge in [0.05, 0.1) is 7.11 Å². The van der Waals surface area contributed by atoms with E-state index in [1.807, 2.05) is 0 Å². The number of aryl methyl sites for hydroxylation is 1. The number of esters is 1. The van der Waals surface area contributed by atoms with Gasteiger partial charge in [-0.15, -0.1) is 0 Å². The summed E-state index contributed by atoms with van der Waals surface area (Å²) in [5, 5.41) is 1.27. The van der Waals surface area contributed by atoms with Crippen LogP contribution in [0.25, 0.3) is 10.9 Å². The van der Waals surface area contributed by atoms with Crippen molar-refractivity contribution >= 4 is 16.9 Å². The highest BCUT2D eigenvalue weighted by molar-refractivity contribution is 5.90. The molecular weight excluding hydrogens is 300 g/mol. The van der Waals surface area contributed by atoms with Crippen molar-refractivity contribution in [3.63, 3.8) is 0 Å². The second kappa shape index (κ2) is 5.49. The highest BCUT2D eigenvalue weighted by Crippen LogP contribution is 2.53. The third-order valence-electron chi connectivity index (χ3n) is 5.97. The van der Waals surface area contributed by atoms with E-state index in [2.05, 4.69) is 60.8 Å². The topological polar surface area (TPSA) is 34.5 Å². The molecule has 1 fully saturated rings. The Morgan fingerprint density at radius 3 is 2.75 bits per heavy atom. The predicted octanol–water partition coefficient (Wildman–Crippen LogP) is 3.39. The van der Waals surface area contributed by atoms with Crippen molar-refractivity contribution in [3.05, 3.63) is 47.2 Å². The molecule has 1 aliphatic heterocycles. The lowest BCUT2D eigenvalue weighted by Gasteiger charge is -2.46. The molecule has 1 aromatic carbocycles. The van der Waals surface area contributed by atoms with E-state index in [-0.39, 0.29) is 17.8 Å². The highest BCUT2D eigenvalue weighted by atomic mass is 16.5. The van der Waals surface area contributed by atoms with E-state index in [9.17, 15) is 4.79 Å². The fourth-order valence-corrected chi connectivity index (χ4v) is 4.84. The molecule has 4 rings (SSSR count). The maximum absolute atomic E-state index is 12.7. The number of benzene rings is 1. The van der Waals surface area contributed by atoms with E-state index in [4.69, 9.17) is 4.74 Å². The average molecular weight is 324 g/mol. The van der Waals surface area contributed by atoms with E-state index in [0.717, 1.165) is 18.7 Å². The fraction of sp³-hybridized carbons (Fsp3) is 0.450. The maximum atomic E-state index is 12.7. The van der Waals surface area contributed by atoms with Gasteiger partial charge in [-0.25, -0.2) is 0 Å². The number of hydrogen-bond donors (Lipinski definition) is 0. The van der Waals surface area contributed by atoms with Crippen LogP contribution in [0.4, 0.5) is 0 Å². The van der Waals surface area contributed by atoms with Crippen LogP contribution in [-0.2, 0) is 16.6 Å². The molecule has 0 spiro atoms. The number of piperidine rings is 1. The van der Waals surface area contributed by atoms with Crippen molar-refractivity contribution < 1.29 is 9.53 Å². The van der Waals surface area contributed by atoms with Crippen molar-refractivity contribution in [2.24, 2.45) is 13.0 Å². The van der Waals surface area contributed by atoms with E-state index >= 15 is 0 Å². The first-order chi connectivity index (χ1) is 11.6. The van der Waals surface area contributed by atoms with Gasteiger partial charge < -0.3 is 9.30 Å². The lowest BCUT2D eigenvalue weighted by molar-refractivity contribution is -0.144. The molecule has 0 saturated carbocycles. The number of aromatic nitrogens is 1. The zero-order valence-corrected chi connectivity index (χ0v) is 14.7. The standard InChI is InChI=1S/C20H24N2O2/c1-5-12-11-21(2)16-10-14(12)18(20(23)24-4)19-17(16)13-8-6-7-9-15(13)22(19)3/h5-9,14,16,18H,10-11H2,1-4H3/b12-5+/t14-,16-,18+/m1/s1. The fourth-order valence-electron chi connectivity index (χ4n) is 4.84. The van der Waals surface area contributed by atoms with Crippen LogP contribution in [0.5, 0.6) is 0 Å². The number of hydrogen-bond acceptors (Lipinski definition) is 3. The van der Waals surface area contributed by atoms with Crippen molar-refractivity contribution in [1.82, 2.24) is 9.47 Å². The first-order valence-corrected chi connectivity index (χ1v) is 8.58. The van der Waals surface area contributed by atoms with Gasteiger partial charge in [0.1, 0.15) is 5.92 Å². The molecule has 3 atom stereocenters. The van der Waals surface area contributed by atoms with Crippen molar-refractivity contribution in [2.45, 2.75) is 25.3 Å². The Morgan fingerprint density at radius 2 is 2.04 bits per heavy atom. The largest absolute Gasteiger partial charge is 0.468 e. The summed E-state index contributed by atoms with van der Waals surface area (Å²) >= 11 is 0. The summed E-state index contributed by atoms with van der Waals surface area (Å²) in [6, 6.07) is 8.83. The van der Waals surface area contributed by atoms with Crippen LogP contribution >= 0.6 is 0 Å². The number of likely N-dealkylation sites (tertiary alicyclic amines) is 1. The summed E-state index contributed by atoms with van der Waals surface area (Å²) in [6.45, 7) is 3.00. The molecule has 126 valence electrons. The third kappa shape index (κ3) is 1.92. The van der Waals surface area contributed by atoms with Gasteiger partial charge in [0.25, 0.3) is 0 Å². The Morgan fingerprint density at radius 1 is 1.29 bits per heavy atom. The third-order valence-corrected chi connectivity index (χ3v) is 5.97. The predicted molar refractivity (Wildman–Crippen MR) is 94.9 cm³/mol. The molecule has 24 heavy (non-hydrogen) atoms. The summed E-state index contributed by atoms with van der Waals surface area (Å²) in [7, 11) is 5.77. The SMILES string of the molecule is C/C=C1\CN(C)[C@@H]2C[C@H]1[C@H](C(=O)OC)c1c2c2ccccc2n1C. The van der Waals surface area contributed by atoms with Crippen LogP contribution < -0.4 is 0 Å². The van der Waals surface area contributed by atoms with Gasteiger partial charge >= 0.3 is 5.97 Å².